The fourth-order valence-electron chi connectivity index (χ4n) is 4.47. The third-order valence-electron chi connectivity index (χ3n) is 6.22. The molecule has 0 fully saturated rings. The van der Waals surface area contributed by atoms with Crippen molar-refractivity contribution >= 4 is 0 Å². The van der Waals surface area contributed by atoms with Crippen LogP contribution < -0.4 is 0 Å². The van der Waals surface area contributed by atoms with Crippen molar-refractivity contribution in [2.75, 3.05) is 0 Å². The molecule has 1 rings (SSSR count). The Labute approximate surface area is 176 Å². The average Bonchev–Trinajstić information content (AvgIpc) is 2.69. The zero-order valence-electron chi connectivity index (χ0n) is 19.4. The zero-order chi connectivity index (χ0) is 20.5. The summed E-state index contributed by atoms with van der Waals surface area (Å²) in [7, 11) is 0. The van der Waals surface area contributed by atoms with E-state index in [1.807, 2.05) is 0 Å². The Balaban J connectivity index is 3.01. The molecule has 162 valence electrons. The lowest BCUT2D eigenvalue weighted by Crippen LogP contribution is -2.22. The predicted molar refractivity (Wildman–Crippen MR) is 125 cm³/mol. The number of azo groups is 1. The number of hydrogen-bond acceptors (Lipinski definition) is 2. The lowest BCUT2D eigenvalue weighted by atomic mass is 9.87. The third kappa shape index (κ3) is 10.6. The Kier molecular flexibility index (Phi) is 15.2. The van der Waals surface area contributed by atoms with Crippen LogP contribution in [-0.2, 0) is 0 Å². The number of unbranched alkanes of at least 4 members (excludes halogenated alkanes) is 2. The first-order valence-electron chi connectivity index (χ1n) is 12.5. The summed E-state index contributed by atoms with van der Waals surface area (Å²) in [5.74, 6) is 1.38. The molecule has 0 bridgehead atoms. The van der Waals surface area contributed by atoms with E-state index in [1.54, 1.807) is 0 Å². The smallest absolute Gasteiger partial charge is 0.0770 e. The van der Waals surface area contributed by atoms with Gasteiger partial charge in [-0.15, -0.1) is 0 Å². The van der Waals surface area contributed by atoms with Crippen molar-refractivity contribution in [1.29, 1.82) is 0 Å². The van der Waals surface area contributed by atoms with Gasteiger partial charge in [-0.1, -0.05) is 90.5 Å². The van der Waals surface area contributed by atoms with Crippen molar-refractivity contribution in [2.24, 2.45) is 22.1 Å². The summed E-state index contributed by atoms with van der Waals surface area (Å²) in [6.45, 7) is 9.24. The standard InChI is InChI=1S/C26H48N2/c1-5-9-19-23(17-7-3)25-21-15-13-11-12-14-16-22-26(28-27-25)24(18-8-4)20-10-6-2/h13-16,23-26H,5-12,17-22H2,1-4H3/b15-13+,16-14+,28-27+. The maximum atomic E-state index is 5.06. The molecule has 0 aromatic heterocycles. The average molecular weight is 389 g/mol. The Morgan fingerprint density at radius 2 is 1.04 bits per heavy atom. The lowest BCUT2D eigenvalue weighted by molar-refractivity contribution is 0.316. The molecule has 0 aromatic carbocycles. The van der Waals surface area contributed by atoms with Crippen molar-refractivity contribution in [2.45, 2.75) is 130 Å². The third-order valence-corrected chi connectivity index (χ3v) is 6.22. The predicted octanol–water partition coefficient (Wildman–Crippen LogP) is 9.08. The van der Waals surface area contributed by atoms with Crippen molar-refractivity contribution in [3.63, 3.8) is 0 Å². The second-order valence-electron chi connectivity index (χ2n) is 8.74. The summed E-state index contributed by atoms with van der Waals surface area (Å²) in [5, 5.41) is 10.1. The van der Waals surface area contributed by atoms with E-state index in [1.165, 1.54) is 64.2 Å². The van der Waals surface area contributed by atoms with Gasteiger partial charge in [0.1, 0.15) is 0 Å². The molecule has 0 radical (unpaired) electrons. The quantitative estimate of drug-likeness (QED) is 0.298. The second kappa shape index (κ2) is 17.0. The number of rotatable bonds is 12. The molecule has 0 aliphatic carbocycles. The van der Waals surface area contributed by atoms with Gasteiger partial charge in [-0.05, 0) is 63.2 Å². The molecule has 1 aliphatic rings. The van der Waals surface area contributed by atoms with E-state index in [4.69, 9.17) is 10.2 Å². The van der Waals surface area contributed by atoms with E-state index in [-0.39, 0.29) is 0 Å². The molecule has 0 amide bonds. The van der Waals surface area contributed by atoms with Crippen LogP contribution in [0.2, 0.25) is 0 Å². The van der Waals surface area contributed by atoms with E-state index in [0.29, 0.717) is 23.9 Å². The van der Waals surface area contributed by atoms with Crippen LogP contribution in [0.3, 0.4) is 0 Å². The van der Waals surface area contributed by atoms with Gasteiger partial charge in [0.25, 0.3) is 0 Å². The van der Waals surface area contributed by atoms with Crippen molar-refractivity contribution < 1.29 is 0 Å². The summed E-state index contributed by atoms with van der Waals surface area (Å²) in [6, 6.07) is 0.754. The van der Waals surface area contributed by atoms with Gasteiger partial charge in [-0.25, -0.2) is 0 Å². The van der Waals surface area contributed by atoms with Crippen LogP contribution in [-0.4, -0.2) is 12.1 Å². The Bertz CT molecular complexity index is 398. The highest BCUT2D eigenvalue weighted by Crippen LogP contribution is 2.28. The van der Waals surface area contributed by atoms with Gasteiger partial charge in [-0.2, -0.15) is 10.2 Å². The first-order valence-corrected chi connectivity index (χ1v) is 12.5. The van der Waals surface area contributed by atoms with Crippen LogP contribution in [0.1, 0.15) is 118 Å². The van der Waals surface area contributed by atoms with Gasteiger partial charge in [-0.3, -0.25) is 0 Å². The number of nitrogens with zero attached hydrogens (tertiary/aromatic N) is 2. The highest BCUT2D eigenvalue weighted by atomic mass is 15.1. The van der Waals surface area contributed by atoms with Crippen LogP contribution in [0.5, 0.6) is 0 Å². The van der Waals surface area contributed by atoms with Gasteiger partial charge in [0.2, 0.25) is 0 Å². The topological polar surface area (TPSA) is 24.7 Å². The van der Waals surface area contributed by atoms with Gasteiger partial charge >= 0.3 is 0 Å². The normalized spacial score (nSPS) is 26.6. The van der Waals surface area contributed by atoms with Crippen LogP contribution in [0.25, 0.3) is 0 Å². The van der Waals surface area contributed by atoms with Crippen LogP contribution in [0.15, 0.2) is 34.5 Å². The summed E-state index contributed by atoms with van der Waals surface area (Å²) in [5.41, 5.74) is 0. The Hall–Kier alpha value is -0.920. The SMILES string of the molecule is CCCCC(CCC)C1C/C=C/CC/C=C/CC(C(CCC)CCCC)/N=N/1. The lowest BCUT2D eigenvalue weighted by Gasteiger charge is -2.25. The van der Waals surface area contributed by atoms with Crippen LogP contribution in [0.4, 0.5) is 0 Å². The summed E-state index contributed by atoms with van der Waals surface area (Å²) >= 11 is 0. The molecule has 1 heterocycles. The van der Waals surface area contributed by atoms with Gasteiger partial charge in [0.15, 0.2) is 0 Å². The van der Waals surface area contributed by atoms with Crippen LogP contribution in [0, 0.1) is 11.8 Å². The molecule has 0 aromatic rings. The van der Waals surface area contributed by atoms with E-state index >= 15 is 0 Å². The fraction of sp³-hybridized carbons (Fsp3) is 0.846. The summed E-state index contributed by atoms with van der Waals surface area (Å²) < 4.78 is 0. The monoisotopic (exact) mass is 388 g/mol. The molecule has 0 N–H and O–H groups in total. The fourth-order valence-corrected chi connectivity index (χ4v) is 4.47. The van der Waals surface area contributed by atoms with Crippen molar-refractivity contribution in [3.8, 4) is 0 Å². The minimum atomic E-state index is 0.377. The maximum Gasteiger partial charge on any atom is 0.0770 e. The minimum Gasteiger partial charge on any atom is -0.190 e. The Morgan fingerprint density at radius 1 is 0.607 bits per heavy atom. The molecule has 28 heavy (non-hydrogen) atoms. The molecule has 2 heteroatoms. The maximum absolute atomic E-state index is 5.06. The van der Waals surface area contributed by atoms with Gasteiger partial charge < -0.3 is 0 Å². The largest absolute Gasteiger partial charge is 0.190 e. The summed E-state index contributed by atoms with van der Waals surface area (Å²) in [6.07, 6.45) is 26.8. The van der Waals surface area contributed by atoms with E-state index in [9.17, 15) is 0 Å². The highest BCUT2D eigenvalue weighted by molar-refractivity contribution is 4.95. The first kappa shape index (κ1) is 25.1. The van der Waals surface area contributed by atoms with E-state index in [0.717, 1.165) is 25.7 Å². The highest BCUT2D eigenvalue weighted by Gasteiger charge is 2.23. The van der Waals surface area contributed by atoms with Crippen molar-refractivity contribution in [1.82, 2.24) is 0 Å². The molecule has 0 saturated carbocycles. The molecular weight excluding hydrogens is 340 g/mol. The summed E-state index contributed by atoms with van der Waals surface area (Å²) in [4.78, 5) is 0. The number of allylic oxidation sites excluding steroid dienone is 2. The molecule has 0 saturated heterocycles. The van der Waals surface area contributed by atoms with E-state index in [2.05, 4.69) is 52.0 Å². The van der Waals surface area contributed by atoms with Crippen molar-refractivity contribution in [3.05, 3.63) is 24.3 Å². The molecule has 0 spiro atoms. The Morgan fingerprint density at radius 3 is 1.39 bits per heavy atom. The molecule has 4 unspecified atom stereocenters. The molecule has 2 nitrogen and oxygen atoms in total. The van der Waals surface area contributed by atoms with E-state index < -0.39 is 0 Å². The minimum absolute atomic E-state index is 0.377. The zero-order valence-corrected chi connectivity index (χ0v) is 19.4. The van der Waals surface area contributed by atoms with Crippen LogP contribution >= 0.6 is 0 Å². The molecular formula is C26H48N2. The first-order chi connectivity index (χ1) is 13.8. The number of hydrogen-bond donors (Lipinski definition) is 0. The van der Waals surface area contributed by atoms with Gasteiger partial charge in [0, 0.05) is 0 Å². The molecule has 4 atom stereocenters. The van der Waals surface area contributed by atoms with Gasteiger partial charge in [0.05, 0.1) is 12.1 Å². The second-order valence-corrected chi connectivity index (χ2v) is 8.74. The molecule has 1 aliphatic heterocycles.